The summed E-state index contributed by atoms with van der Waals surface area (Å²) in [6.07, 6.45) is -2.22. The van der Waals surface area contributed by atoms with Crippen molar-refractivity contribution < 1.29 is 13.2 Å². The molecule has 0 saturated carbocycles. The van der Waals surface area contributed by atoms with Crippen LogP contribution in [-0.4, -0.2) is 24.9 Å². The van der Waals surface area contributed by atoms with Crippen molar-refractivity contribution in [2.24, 2.45) is 0 Å². The third-order valence-electron chi connectivity index (χ3n) is 2.59. The Bertz CT molecular complexity index is 762. The van der Waals surface area contributed by atoms with Gasteiger partial charge in [-0.15, -0.1) is 0 Å². The first-order valence-corrected chi connectivity index (χ1v) is 5.45. The van der Waals surface area contributed by atoms with Gasteiger partial charge < -0.3 is 10.7 Å². The van der Waals surface area contributed by atoms with Crippen LogP contribution >= 0.6 is 0 Å². The van der Waals surface area contributed by atoms with Crippen LogP contribution in [0.1, 0.15) is 5.56 Å². The molecular weight excluding hydrogens is 273 g/mol. The van der Waals surface area contributed by atoms with Crippen molar-refractivity contribution in [1.29, 1.82) is 0 Å². The summed E-state index contributed by atoms with van der Waals surface area (Å²) in [6, 6.07) is 2.17. The molecule has 3 aromatic heterocycles. The molecule has 3 heterocycles. The number of nitrogen functional groups attached to an aromatic ring is 1. The van der Waals surface area contributed by atoms with E-state index in [1.165, 1.54) is 12.3 Å². The normalized spacial score (nSPS) is 11.9. The maximum atomic E-state index is 12.4. The second-order valence-electron chi connectivity index (χ2n) is 3.98. The van der Waals surface area contributed by atoms with Gasteiger partial charge in [0.1, 0.15) is 11.2 Å². The van der Waals surface area contributed by atoms with E-state index in [4.69, 9.17) is 5.73 Å². The van der Waals surface area contributed by atoms with E-state index in [0.29, 0.717) is 17.0 Å². The van der Waals surface area contributed by atoms with Gasteiger partial charge in [0.15, 0.2) is 11.5 Å². The number of fused-ring (bicyclic) bond motifs is 1. The zero-order valence-corrected chi connectivity index (χ0v) is 9.81. The van der Waals surface area contributed by atoms with E-state index < -0.39 is 11.7 Å². The molecule has 3 rings (SSSR count). The van der Waals surface area contributed by atoms with Gasteiger partial charge in [0.25, 0.3) is 0 Å². The van der Waals surface area contributed by atoms with Gasteiger partial charge >= 0.3 is 6.18 Å². The van der Waals surface area contributed by atoms with Gasteiger partial charge in [-0.05, 0) is 12.1 Å². The van der Waals surface area contributed by atoms with Crippen molar-refractivity contribution in [1.82, 2.24) is 24.9 Å². The SMILES string of the molecule is Nc1ncc2[nH]c(-c3ccc(C(F)(F)F)cn3)nc2n1. The van der Waals surface area contributed by atoms with Crippen molar-refractivity contribution in [3.8, 4) is 11.5 Å². The van der Waals surface area contributed by atoms with Crippen molar-refractivity contribution in [2.75, 3.05) is 5.73 Å². The minimum absolute atomic E-state index is 0.0657. The lowest BCUT2D eigenvalue weighted by molar-refractivity contribution is -0.137. The second-order valence-corrected chi connectivity index (χ2v) is 3.98. The largest absolute Gasteiger partial charge is 0.417 e. The molecule has 0 aromatic carbocycles. The van der Waals surface area contributed by atoms with Gasteiger partial charge in [0.2, 0.25) is 5.95 Å². The molecule has 0 radical (unpaired) electrons. The van der Waals surface area contributed by atoms with E-state index >= 15 is 0 Å². The number of hydrogen-bond acceptors (Lipinski definition) is 5. The Balaban J connectivity index is 2.02. The fourth-order valence-corrected chi connectivity index (χ4v) is 1.64. The fourth-order valence-electron chi connectivity index (χ4n) is 1.64. The number of pyridine rings is 1. The molecule has 0 aliphatic heterocycles. The van der Waals surface area contributed by atoms with Crippen LogP contribution in [0.2, 0.25) is 0 Å². The number of anilines is 1. The van der Waals surface area contributed by atoms with Crippen molar-refractivity contribution in [3.63, 3.8) is 0 Å². The average Bonchev–Trinajstić information content (AvgIpc) is 2.80. The Hall–Kier alpha value is -2.71. The molecule has 0 aliphatic rings. The van der Waals surface area contributed by atoms with Gasteiger partial charge in [-0.2, -0.15) is 18.2 Å². The number of imidazole rings is 1. The highest BCUT2D eigenvalue weighted by molar-refractivity contribution is 5.74. The molecule has 20 heavy (non-hydrogen) atoms. The number of nitrogens with two attached hydrogens (primary N) is 1. The predicted molar refractivity (Wildman–Crippen MR) is 64.3 cm³/mol. The molecule has 0 spiro atoms. The summed E-state index contributed by atoms with van der Waals surface area (Å²) >= 11 is 0. The second kappa shape index (κ2) is 4.15. The molecule has 0 bridgehead atoms. The van der Waals surface area contributed by atoms with E-state index in [1.807, 2.05) is 0 Å². The number of hydrogen-bond donors (Lipinski definition) is 2. The fraction of sp³-hybridized carbons (Fsp3) is 0.0909. The van der Waals surface area contributed by atoms with Gasteiger partial charge in [0, 0.05) is 6.20 Å². The minimum atomic E-state index is -4.42. The lowest BCUT2D eigenvalue weighted by Crippen LogP contribution is -2.05. The van der Waals surface area contributed by atoms with E-state index in [1.54, 1.807) is 0 Å². The Morgan fingerprint density at radius 2 is 1.85 bits per heavy atom. The predicted octanol–water partition coefficient (Wildman–Crippen LogP) is 2.02. The van der Waals surface area contributed by atoms with Crippen LogP contribution in [0.25, 0.3) is 22.7 Å². The molecule has 102 valence electrons. The molecule has 0 unspecified atom stereocenters. The maximum absolute atomic E-state index is 12.4. The summed E-state index contributed by atoms with van der Waals surface area (Å²) in [5.74, 6) is 0.365. The molecular formula is C11H7F3N6. The highest BCUT2D eigenvalue weighted by atomic mass is 19.4. The Labute approximate surface area is 109 Å². The number of nitrogens with one attached hydrogen (secondary N) is 1. The summed E-state index contributed by atoms with van der Waals surface area (Å²) in [6.45, 7) is 0. The number of halogens is 3. The summed E-state index contributed by atoms with van der Waals surface area (Å²) in [4.78, 5) is 18.4. The highest BCUT2D eigenvalue weighted by Crippen LogP contribution is 2.29. The average molecular weight is 280 g/mol. The number of nitrogens with zero attached hydrogens (tertiary/aromatic N) is 4. The van der Waals surface area contributed by atoms with Gasteiger partial charge in [-0.25, -0.2) is 9.97 Å². The molecule has 0 atom stereocenters. The van der Waals surface area contributed by atoms with E-state index in [2.05, 4.69) is 24.9 Å². The first-order chi connectivity index (χ1) is 9.43. The minimum Gasteiger partial charge on any atom is -0.368 e. The van der Waals surface area contributed by atoms with Crippen LogP contribution < -0.4 is 5.73 Å². The van der Waals surface area contributed by atoms with E-state index in [9.17, 15) is 13.2 Å². The zero-order valence-electron chi connectivity index (χ0n) is 9.81. The van der Waals surface area contributed by atoms with Crippen LogP contribution in [0.15, 0.2) is 24.5 Å². The van der Waals surface area contributed by atoms with Gasteiger partial charge in [0.05, 0.1) is 11.8 Å². The number of rotatable bonds is 1. The highest BCUT2D eigenvalue weighted by Gasteiger charge is 2.30. The topological polar surface area (TPSA) is 93.4 Å². The van der Waals surface area contributed by atoms with Gasteiger partial charge in [-0.3, -0.25) is 4.98 Å². The summed E-state index contributed by atoms with van der Waals surface area (Å²) < 4.78 is 37.3. The monoisotopic (exact) mass is 280 g/mol. The Morgan fingerprint density at radius 3 is 2.50 bits per heavy atom. The first kappa shape index (κ1) is 12.3. The van der Waals surface area contributed by atoms with Crippen LogP contribution in [0.3, 0.4) is 0 Å². The Morgan fingerprint density at radius 1 is 1.05 bits per heavy atom. The van der Waals surface area contributed by atoms with Crippen LogP contribution in [0.4, 0.5) is 19.1 Å². The van der Waals surface area contributed by atoms with Crippen molar-refractivity contribution >= 4 is 17.1 Å². The summed E-state index contributed by atoms with van der Waals surface area (Å²) in [5.41, 5.74) is 5.73. The van der Waals surface area contributed by atoms with E-state index in [-0.39, 0.29) is 11.6 Å². The third-order valence-corrected chi connectivity index (χ3v) is 2.59. The summed E-state index contributed by atoms with van der Waals surface area (Å²) in [5, 5.41) is 0. The maximum Gasteiger partial charge on any atom is 0.417 e. The molecule has 6 nitrogen and oxygen atoms in total. The van der Waals surface area contributed by atoms with Crippen LogP contribution in [-0.2, 0) is 6.18 Å². The number of alkyl halides is 3. The van der Waals surface area contributed by atoms with Crippen LogP contribution in [0.5, 0.6) is 0 Å². The number of H-pyrrole nitrogens is 1. The lowest BCUT2D eigenvalue weighted by atomic mass is 10.2. The van der Waals surface area contributed by atoms with Crippen molar-refractivity contribution in [2.45, 2.75) is 6.18 Å². The standard InChI is InChI=1S/C11H7F3N6/c12-11(13,14)5-1-2-6(16-3-5)8-18-7-4-17-10(15)20-9(7)19-8/h1-4H,(H3,15,17,18,19,20). The Kier molecular flexibility index (Phi) is 2.56. The van der Waals surface area contributed by atoms with Crippen LogP contribution in [0, 0.1) is 0 Å². The van der Waals surface area contributed by atoms with Crippen molar-refractivity contribution in [3.05, 3.63) is 30.1 Å². The summed E-state index contributed by atoms with van der Waals surface area (Å²) in [7, 11) is 0. The zero-order chi connectivity index (χ0) is 14.3. The quantitative estimate of drug-likeness (QED) is 0.711. The molecule has 3 aromatic rings. The van der Waals surface area contributed by atoms with E-state index in [0.717, 1.165) is 12.3 Å². The molecule has 0 aliphatic carbocycles. The molecule has 0 amide bonds. The van der Waals surface area contributed by atoms with Gasteiger partial charge in [-0.1, -0.05) is 0 Å². The molecule has 0 saturated heterocycles. The first-order valence-electron chi connectivity index (χ1n) is 5.45. The molecule has 0 fully saturated rings. The number of aromatic amines is 1. The third kappa shape index (κ3) is 2.13. The lowest BCUT2D eigenvalue weighted by Gasteiger charge is -2.05. The number of aromatic nitrogens is 5. The molecule has 3 N–H and O–H groups in total. The molecule has 9 heteroatoms. The smallest absolute Gasteiger partial charge is 0.368 e.